The Balaban J connectivity index is 3.09. The number of hydrogen-bond donors (Lipinski definition) is 2. The van der Waals surface area contributed by atoms with Crippen LogP contribution < -0.4 is 15.2 Å². The summed E-state index contributed by atoms with van der Waals surface area (Å²) >= 11 is 0. The van der Waals surface area contributed by atoms with Gasteiger partial charge in [-0.25, -0.2) is 0 Å². The maximum absolute atomic E-state index is 12.3. The normalized spacial score (nSPS) is 13.4. The summed E-state index contributed by atoms with van der Waals surface area (Å²) in [6.07, 6.45) is -0.827. The average Bonchev–Trinajstić information content (AvgIpc) is 2.39. The molecule has 0 aliphatic heterocycles. The summed E-state index contributed by atoms with van der Waals surface area (Å²) in [4.78, 5) is 0. The van der Waals surface area contributed by atoms with Crippen LogP contribution in [0.2, 0.25) is 0 Å². The Kier molecular flexibility index (Phi) is 5.71. The summed E-state index contributed by atoms with van der Waals surface area (Å²) in [6.45, 7) is 3.04. The topological polar surface area (TPSA) is 64.7 Å². The Morgan fingerprint density at radius 1 is 1.30 bits per heavy atom. The van der Waals surface area contributed by atoms with Crippen LogP contribution in [0.3, 0.4) is 0 Å². The highest BCUT2D eigenvalue weighted by Crippen LogP contribution is 2.37. The van der Waals surface area contributed by atoms with E-state index < -0.39 is 18.1 Å². The fraction of sp³-hybridized carbons (Fsp3) is 0.571. The lowest BCUT2D eigenvalue weighted by Crippen LogP contribution is -2.30. The number of benzene rings is 1. The van der Waals surface area contributed by atoms with E-state index in [1.54, 1.807) is 6.92 Å². The molecule has 0 fully saturated rings. The fourth-order valence-electron chi connectivity index (χ4n) is 1.72. The maximum atomic E-state index is 12.3. The highest BCUT2D eigenvalue weighted by Gasteiger charge is 2.28. The number of halogens is 2. The zero-order chi connectivity index (χ0) is 15.3. The van der Waals surface area contributed by atoms with Crippen molar-refractivity contribution in [3.63, 3.8) is 0 Å². The predicted molar refractivity (Wildman–Crippen MR) is 72.0 cm³/mol. The van der Waals surface area contributed by atoms with E-state index in [1.165, 1.54) is 18.2 Å². The van der Waals surface area contributed by atoms with Crippen molar-refractivity contribution in [3.05, 3.63) is 23.8 Å². The molecule has 6 heteroatoms. The maximum Gasteiger partial charge on any atom is 0.387 e. The largest absolute Gasteiger partial charge is 0.490 e. The van der Waals surface area contributed by atoms with E-state index in [-0.39, 0.29) is 18.0 Å². The molecule has 114 valence electrons. The molecule has 1 atom stereocenters. The SMILES string of the molecule is CCOc1cc(C(O)C(C)(C)CN)ccc1OC(F)F. The Morgan fingerprint density at radius 2 is 1.95 bits per heavy atom. The minimum absolute atomic E-state index is 0.0524. The lowest BCUT2D eigenvalue weighted by atomic mass is 9.83. The summed E-state index contributed by atoms with van der Waals surface area (Å²) in [5, 5.41) is 10.3. The van der Waals surface area contributed by atoms with Gasteiger partial charge in [-0.05, 0) is 24.6 Å². The molecule has 0 saturated carbocycles. The van der Waals surface area contributed by atoms with Crippen LogP contribution in [0.1, 0.15) is 32.4 Å². The number of alkyl halides is 2. The predicted octanol–water partition coefficient (Wildman–Crippen LogP) is 2.71. The number of ether oxygens (including phenoxy) is 2. The van der Waals surface area contributed by atoms with Gasteiger partial charge in [0.1, 0.15) is 0 Å². The van der Waals surface area contributed by atoms with Gasteiger partial charge in [0.2, 0.25) is 0 Å². The van der Waals surface area contributed by atoms with Crippen LogP contribution in [0, 0.1) is 5.41 Å². The van der Waals surface area contributed by atoms with Crippen molar-refractivity contribution < 1.29 is 23.4 Å². The molecule has 0 aliphatic rings. The summed E-state index contributed by atoms with van der Waals surface area (Å²) in [6, 6.07) is 4.40. The average molecular weight is 289 g/mol. The molecule has 0 saturated heterocycles. The van der Waals surface area contributed by atoms with Crippen molar-refractivity contribution in [2.45, 2.75) is 33.5 Å². The molecule has 0 radical (unpaired) electrons. The lowest BCUT2D eigenvalue weighted by Gasteiger charge is -2.29. The third kappa shape index (κ3) is 4.05. The van der Waals surface area contributed by atoms with Gasteiger partial charge in [-0.2, -0.15) is 8.78 Å². The van der Waals surface area contributed by atoms with Crippen LogP contribution in [0.4, 0.5) is 8.78 Å². The van der Waals surface area contributed by atoms with Crippen LogP contribution >= 0.6 is 0 Å². The van der Waals surface area contributed by atoms with E-state index in [0.29, 0.717) is 12.2 Å². The summed E-state index contributed by atoms with van der Waals surface area (Å²) in [5.41, 5.74) is 5.64. The molecule has 1 rings (SSSR count). The fourth-order valence-corrected chi connectivity index (χ4v) is 1.72. The van der Waals surface area contributed by atoms with Crippen LogP contribution in [-0.2, 0) is 0 Å². The molecule has 4 nitrogen and oxygen atoms in total. The second-order valence-electron chi connectivity index (χ2n) is 5.11. The third-order valence-corrected chi connectivity index (χ3v) is 3.07. The zero-order valence-electron chi connectivity index (χ0n) is 11.9. The minimum atomic E-state index is -2.93. The number of aliphatic hydroxyl groups is 1. The van der Waals surface area contributed by atoms with Crippen LogP contribution in [0.5, 0.6) is 11.5 Å². The van der Waals surface area contributed by atoms with Crippen molar-refractivity contribution in [2.75, 3.05) is 13.2 Å². The Morgan fingerprint density at radius 3 is 2.45 bits per heavy atom. The highest BCUT2D eigenvalue weighted by atomic mass is 19.3. The highest BCUT2D eigenvalue weighted by molar-refractivity contribution is 5.44. The lowest BCUT2D eigenvalue weighted by molar-refractivity contribution is -0.0515. The number of hydrogen-bond acceptors (Lipinski definition) is 4. The van der Waals surface area contributed by atoms with Crippen LogP contribution in [-0.4, -0.2) is 24.9 Å². The molecular formula is C14H21F2NO3. The third-order valence-electron chi connectivity index (χ3n) is 3.07. The molecule has 0 aliphatic carbocycles. The van der Waals surface area contributed by atoms with Crippen molar-refractivity contribution in [3.8, 4) is 11.5 Å². The molecule has 0 heterocycles. The molecule has 0 spiro atoms. The molecule has 1 aromatic rings. The first-order valence-electron chi connectivity index (χ1n) is 6.41. The molecule has 20 heavy (non-hydrogen) atoms. The zero-order valence-corrected chi connectivity index (χ0v) is 11.9. The van der Waals surface area contributed by atoms with E-state index in [4.69, 9.17) is 10.5 Å². The van der Waals surface area contributed by atoms with E-state index in [1.807, 2.05) is 13.8 Å². The van der Waals surface area contributed by atoms with Gasteiger partial charge in [-0.1, -0.05) is 19.9 Å². The Bertz CT molecular complexity index is 438. The van der Waals surface area contributed by atoms with Gasteiger partial charge < -0.3 is 20.3 Å². The Labute approximate surface area is 117 Å². The van der Waals surface area contributed by atoms with Crippen LogP contribution in [0.25, 0.3) is 0 Å². The molecule has 1 unspecified atom stereocenters. The number of rotatable bonds is 7. The summed E-state index contributed by atoms with van der Waals surface area (Å²) in [5.74, 6) is 0.125. The van der Waals surface area contributed by atoms with Gasteiger partial charge >= 0.3 is 6.61 Å². The first kappa shape index (κ1) is 16.7. The standard InChI is InChI=1S/C14H21F2NO3/c1-4-19-11-7-9(12(18)14(2,3)8-17)5-6-10(11)20-13(15)16/h5-7,12-13,18H,4,8,17H2,1-3H3. The van der Waals surface area contributed by atoms with Crippen molar-refractivity contribution in [1.29, 1.82) is 0 Å². The minimum Gasteiger partial charge on any atom is -0.490 e. The number of nitrogens with two attached hydrogens (primary N) is 1. The molecule has 3 N–H and O–H groups in total. The van der Waals surface area contributed by atoms with Gasteiger partial charge in [0, 0.05) is 12.0 Å². The van der Waals surface area contributed by atoms with Crippen molar-refractivity contribution in [1.82, 2.24) is 0 Å². The van der Waals surface area contributed by atoms with Gasteiger partial charge in [-0.15, -0.1) is 0 Å². The molecular weight excluding hydrogens is 268 g/mol. The first-order valence-corrected chi connectivity index (χ1v) is 6.41. The van der Waals surface area contributed by atoms with Crippen molar-refractivity contribution in [2.24, 2.45) is 11.1 Å². The second-order valence-corrected chi connectivity index (χ2v) is 5.11. The monoisotopic (exact) mass is 289 g/mol. The Hall–Kier alpha value is -1.40. The second kappa shape index (κ2) is 6.85. The smallest absolute Gasteiger partial charge is 0.387 e. The van der Waals surface area contributed by atoms with Gasteiger partial charge in [0.15, 0.2) is 11.5 Å². The molecule has 1 aromatic carbocycles. The van der Waals surface area contributed by atoms with Gasteiger partial charge in [-0.3, -0.25) is 0 Å². The number of aliphatic hydroxyl groups excluding tert-OH is 1. The molecule has 0 bridgehead atoms. The quantitative estimate of drug-likeness (QED) is 0.810. The molecule has 0 amide bonds. The summed E-state index contributed by atoms with van der Waals surface area (Å²) < 4.78 is 34.3. The van der Waals surface area contributed by atoms with Crippen molar-refractivity contribution >= 4 is 0 Å². The van der Waals surface area contributed by atoms with E-state index in [9.17, 15) is 13.9 Å². The van der Waals surface area contributed by atoms with E-state index in [2.05, 4.69) is 4.74 Å². The van der Waals surface area contributed by atoms with E-state index >= 15 is 0 Å². The first-order chi connectivity index (χ1) is 9.31. The summed E-state index contributed by atoms with van der Waals surface area (Å²) in [7, 11) is 0. The van der Waals surface area contributed by atoms with Crippen LogP contribution in [0.15, 0.2) is 18.2 Å². The van der Waals surface area contributed by atoms with E-state index in [0.717, 1.165) is 0 Å². The van der Waals surface area contributed by atoms with Gasteiger partial charge in [0.25, 0.3) is 0 Å². The molecule has 0 aromatic heterocycles. The van der Waals surface area contributed by atoms with Gasteiger partial charge in [0.05, 0.1) is 12.7 Å².